The highest BCUT2D eigenvalue weighted by Gasteiger charge is 2.31. The number of nitrogens with one attached hydrogen (secondary N) is 2. The SMILES string of the molecule is CCC(C)(CNC(=O)Nc1ccc(F)c(F)c1F)C(=O)O. The molecule has 1 aromatic rings. The number of amides is 2. The normalized spacial score (nSPS) is 13.4. The third-order valence-corrected chi connectivity index (χ3v) is 3.22. The fourth-order valence-corrected chi connectivity index (χ4v) is 1.42. The summed E-state index contributed by atoms with van der Waals surface area (Å²) in [7, 11) is 0. The molecule has 0 aliphatic carbocycles. The van der Waals surface area contributed by atoms with Crippen molar-refractivity contribution in [1.29, 1.82) is 0 Å². The van der Waals surface area contributed by atoms with Crippen molar-refractivity contribution in [2.24, 2.45) is 5.41 Å². The van der Waals surface area contributed by atoms with Crippen LogP contribution in [0.5, 0.6) is 0 Å². The molecule has 0 bridgehead atoms. The second-order valence-electron chi connectivity index (χ2n) is 4.75. The van der Waals surface area contributed by atoms with Gasteiger partial charge in [-0.25, -0.2) is 18.0 Å². The Balaban J connectivity index is 2.71. The molecule has 0 radical (unpaired) electrons. The molecule has 21 heavy (non-hydrogen) atoms. The van der Waals surface area contributed by atoms with E-state index in [0.29, 0.717) is 6.07 Å². The lowest BCUT2D eigenvalue weighted by Crippen LogP contribution is -2.42. The minimum absolute atomic E-state index is 0.198. The highest BCUT2D eigenvalue weighted by atomic mass is 19.2. The molecule has 8 heteroatoms. The summed E-state index contributed by atoms with van der Waals surface area (Å²) in [6.07, 6.45) is 0.266. The van der Waals surface area contributed by atoms with Crippen LogP contribution in [0.4, 0.5) is 23.7 Å². The number of carbonyl (C=O) groups excluding carboxylic acids is 1. The number of carboxylic acid groups (broad SMARTS) is 1. The third-order valence-electron chi connectivity index (χ3n) is 3.22. The van der Waals surface area contributed by atoms with Crippen molar-refractivity contribution in [2.45, 2.75) is 20.3 Å². The molecule has 0 saturated heterocycles. The zero-order valence-corrected chi connectivity index (χ0v) is 11.5. The number of anilines is 1. The van der Waals surface area contributed by atoms with Crippen molar-refractivity contribution >= 4 is 17.7 Å². The summed E-state index contributed by atoms with van der Waals surface area (Å²) in [5.74, 6) is -5.69. The molecule has 1 aromatic carbocycles. The highest BCUT2D eigenvalue weighted by Crippen LogP contribution is 2.21. The molecule has 5 nitrogen and oxygen atoms in total. The van der Waals surface area contributed by atoms with Crippen LogP contribution in [0.2, 0.25) is 0 Å². The summed E-state index contributed by atoms with van der Waals surface area (Å²) in [5.41, 5.74) is -1.72. The van der Waals surface area contributed by atoms with E-state index in [-0.39, 0.29) is 13.0 Å². The molecule has 1 rings (SSSR count). The second-order valence-corrected chi connectivity index (χ2v) is 4.75. The van der Waals surface area contributed by atoms with Crippen LogP contribution in [0.1, 0.15) is 20.3 Å². The smallest absolute Gasteiger partial charge is 0.319 e. The molecular weight excluding hydrogens is 289 g/mol. The molecule has 0 aliphatic heterocycles. The van der Waals surface area contributed by atoms with Gasteiger partial charge in [-0.3, -0.25) is 4.79 Å². The monoisotopic (exact) mass is 304 g/mol. The van der Waals surface area contributed by atoms with Crippen molar-refractivity contribution in [3.05, 3.63) is 29.6 Å². The van der Waals surface area contributed by atoms with Crippen LogP contribution in [-0.4, -0.2) is 23.7 Å². The molecule has 0 fully saturated rings. The zero-order chi connectivity index (χ0) is 16.2. The largest absolute Gasteiger partial charge is 0.481 e. The van der Waals surface area contributed by atoms with Gasteiger partial charge in [-0.2, -0.15) is 0 Å². The second kappa shape index (κ2) is 6.47. The van der Waals surface area contributed by atoms with Crippen LogP contribution in [0.15, 0.2) is 12.1 Å². The van der Waals surface area contributed by atoms with E-state index in [4.69, 9.17) is 5.11 Å². The van der Waals surface area contributed by atoms with Gasteiger partial charge in [0, 0.05) is 6.54 Å². The molecule has 3 N–H and O–H groups in total. The number of carboxylic acids is 1. The average Bonchev–Trinajstić information content (AvgIpc) is 2.45. The van der Waals surface area contributed by atoms with E-state index in [9.17, 15) is 22.8 Å². The number of halogens is 3. The van der Waals surface area contributed by atoms with Crippen LogP contribution >= 0.6 is 0 Å². The summed E-state index contributed by atoms with van der Waals surface area (Å²) in [5, 5.41) is 13.3. The molecule has 1 atom stereocenters. The van der Waals surface area contributed by atoms with Crippen LogP contribution < -0.4 is 10.6 Å². The lowest BCUT2D eigenvalue weighted by Gasteiger charge is -2.23. The lowest BCUT2D eigenvalue weighted by atomic mass is 9.88. The molecule has 116 valence electrons. The summed E-state index contributed by atoms with van der Waals surface area (Å²) < 4.78 is 39.0. The summed E-state index contributed by atoms with van der Waals surface area (Å²) in [4.78, 5) is 22.6. The Morgan fingerprint density at radius 2 is 1.86 bits per heavy atom. The Hall–Kier alpha value is -2.25. The number of aliphatic carboxylic acids is 1. The fraction of sp³-hybridized carbons (Fsp3) is 0.385. The average molecular weight is 304 g/mol. The highest BCUT2D eigenvalue weighted by molar-refractivity contribution is 5.89. The summed E-state index contributed by atoms with van der Waals surface area (Å²) in [6.45, 7) is 2.88. The van der Waals surface area contributed by atoms with Crippen LogP contribution in [0.25, 0.3) is 0 Å². The fourth-order valence-electron chi connectivity index (χ4n) is 1.42. The first kappa shape index (κ1) is 16.8. The Labute approximate surface area is 119 Å². The van der Waals surface area contributed by atoms with Crippen molar-refractivity contribution in [2.75, 3.05) is 11.9 Å². The topological polar surface area (TPSA) is 78.4 Å². The van der Waals surface area contributed by atoms with Gasteiger partial charge in [-0.05, 0) is 25.5 Å². The Morgan fingerprint density at radius 1 is 1.24 bits per heavy atom. The first-order chi connectivity index (χ1) is 9.71. The van der Waals surface area contributed by atoms with Crippen molar-refractivity contribution in [3.8, 4) is 0 Å². The maximum Gasteiger partial charge on any atom is 0.319 e. The lowest BCUT2D eigenvalue weighted by molar-refractivity contribution is -0.147. The van der Waals surface area contributed by atoms with Gasteiger partial charge in [0.05, 0.1) is 11.1 Å². The van der Waals surface area contributed by atoms with E-state index in [0.717, 1.165) is 6.07 Å². The van der Waals surface area contributed by atoms with E-state index in [1.165, 1.54) is 6.92 Å². The number of carbonyl (C=O) groups is 2. The molecule has 0 aromatic heterocycles. The molecule has 0 saturated carbocycles. The number of rotatable bonds is 5. The predicted octanol–water partition coefficient (Wildman–Crippen LogP) is 2.73. The van der Waals surface area contributed by atoms with Gasteiger partial charge in [-0.15, -0.1) is 0 Å². The predicted molar refractivity (Wildman–Crippen MR) is 69.4 cm³/mol. The van der Waals surface area contributed by atoms with Crippen molar-refractivity contribution in [3.63, 3.8) is 0 Å². The molecule has 0 spiro atoms. The van der Waals surface area contributed by atoms with Gasteiger partial charge in [0.15, 0.2) is 17.5 Å². The van der Waals surface area contributed by atoms with E-state index >= 15 is 0 Å². The van der Waals surface area contributed by atoms with Gasteiger partial charge in [0.2, 0.25) is 0 Å². The Bertz CT molecular complexity index is 566. The maximum atomic E-state index is 13.3. The van der Waals surface area contributed by atoms with Crippen LogP contribution in [-0.2, 0) is 4.79 Å². The van der Waals surface area contributed by atoms with Gasteiger partial charge >= 0.3 is 12.0 Å². The van der Waals surface area contributed by atoms with Crippen LogP contribution in [0, 0.1) is 22.9 Å². The number of hydrogen-bond donors (Lipinski definition) is 3. The first-order valence-electron chi connectivity index (χ1n) is 6.13. The maximum absolute atomic E-state index is 13.3. The Kier molecular flexibility index (Phi) is 5.17. The van der Waals surface area contributed by atoms with Crippen molar-refractivity contribution in [1.82, 2.24) is 5.32 Å². The van der Waals surface area contributed by atoms with E-state index in [2.05, 4.69) is 5.32 Å². The van der Waals surface area contributed by atoms with Gasteiger partial charge in [0.1, 0.15) is 0 Å². The molecular formula is C13H15F3N2O3. The number of hydrogen-bond acceptors (Lipinski definition) is 2. The summed E-state index contributed by atoms with van der Waals surface area (Å²) >= 11 is 0. The van der Waals surface area contributed by atoms with Gasteiger partial charge < -0.3 is 15.7 Å². The molecule has 0 heterocycles. The number of benzene rings is 1. The van der Waals surface area contributed by atoms with E-state index in [1.807, 2.05) is 5.32 Å². The van der Waals surface area contributed by atoms with E-state index < -0.39 is 40.6 Å². The standard InChI is InChI=1S/C13H15F3N2O3/c1-3-13(2,11(19)20)6-17-12(21)18-8-5-4-7(14)9(15)10(8)16/h4-5H,3,6H2,1-2H3,(H,19,20)(H2,17,18,21). The quantitative estimate of drug-likeness (QED) is 0.732. The molecule has 0 aliphatic rings. The minimum Gasteiger partial charge on any atom is -0.481 e. The Morgan fingerprint density at radius 3 is 2.38 bits per heavy atom. The molecule has 2 amide bonds. The van der Waals surface area contributed by atoms with Crippen LogP contribution in [0.3, 0.4) is 0 Å². The minimum atomic E-state index is -1.70. The van der Waals surface area contributed by atoms with Gasteiger partial charge in [-0.1, -0.05) is 6.92 Å². The first-order valence-corrected chi connectivity index (χ1v) is 6.13. The summed E-state index contributed by atoms with van der Waals surface area (Å²) in [6, 6.07) is 0.617. The number of urea groups is 1. The van der Waals surface area contributed by atoms with Gasteiger partial charge in [0.25, 0.3) is 0 Å². The van der Waals surface area contributed by atoms with Crippen molar-refractivity contribution < 1.29 is 27.9 Å². The third kappa shape index (κ3) is 3.87. The van der Waals surface area contributed by atoms with E-state index in [1.54, 1.807) is 6.92 Å². The molecule has 1 unspecified atom stereocenters. The zero-order valence-electron chi connectivity index (χ0n) is 11.5.